The summed E-state index contributed by atoms with van der Waals surface area (Å²) in [5, 5.41) is 5.86. The van der Waals surface area contributed by atoms with E-state index >= 15 is 0 Å². The van der Waals surface area contributed by atoms with Crippen molar-refractivity contribution in [1.82, 2.24) is 19.4 Å². The summed E-state index contributed by atoms with van der Waals surface area (Å²) in [6.07, 6.45) is 8.10. The van der Waals surface area contributed by atoms with Crippen LogP contribution in [-0.4, -0.2) is 26.8 Å². The lowest BCUT2D eigenvalue weighted by molar-refractivity contribution is -0.00412. The predicted molar refractivity (Wildman–Crippen MR) is 99.6 cm³/mol. The lowest BCUT2D eigenvalue weighted by Crippen LogP contribution is -2.36. The molecule has 25 heavy (non-hydrogen) atoms. The van der Waals surface area contributed by atoms with Crippen molar-refractivity contribution in [3.05, 3.63) is 64.6 Å². The Labute approximate surface area is 152 Å². The van der Waals surface area contributed by atoms with E-state index < -0.39 is 0 Å². The number of hydrogen-bond acceptors (Lipinski definition) is 4. The van der Waals surface area contributed by atoms with Crippen LogP contribution in [-0.2, 0) is 24.9 Å². The first-order valence-electron chi connectivity index (χ1n) is 8.77. The molecule has 6 heteroatoms. The fraction of sp³-hybridized carbons (Fsp3) is 0.421. The molecule has 3 aromatic rings. The van der Waals surface area contributed by atoms with Crippen LogP contribution in [0, 0.1) is 0 Å². The molecule has 0 radical (unpaired) electrons. The van der Waals surface area contributed by atoms with Crippen molar-refractivity contribution in [2.45, 2.75) is 38.1 Å². The van der Waals surface area contributed by atoms with Gasteiger partial charge in [0, 0.05) is 43.0 Å². The highest BCUT2D eigenvalue weighted by Gasteiger charge is 2.25. The second-order valence-electron chi connectivity index (χ2n) is 6.60. The van der Waals surface area contributed by atoms with Gasteiger partial charge in [0.05, 0.1) is 24.8 Å². The Morgan fingerprint density at radius 3 is 3.12 bits per heavy atom. The minimum Gasteiger partial charge on any atom is -0.372 e. The molecule has 5 nitrogen and oxygen atoms in total. The van der Waals surface area contributed by atoms with Crippen LogP contribution in [0.3, 0.4) is 0 Å². The van der Waals surface area contributed by atoms with Gasteiger partial charge >= 0.3 is 0 Å². The normalized spacial score (nSPS) is 20.8. The largest absolute Gasteiger partial charge is 0.372 e. The Balaban J connectivity index is 1.35. The van der Waals surface area contributed by atoms with Crippen LogP contribution in [0.4, 0.5) is 0 Å². The first kappa shape index (κ1) is 16.6. The van der Waals surface area contributed by atoms with Gasteiger partial charge in [0.15, 0.2) is 0 Å². The van der Waals surface area contributed by atoms with E-state index in [2.05, 4.69) is 55.3 Å². The summed E-state index contributed by atoms with van der Waals surface area (Å²) < 4.78 is 10.3. The Morgan fingerprint density at radius 1 is 1.36 bits per heavy atom. The van der Waals surface area contributed by atoms with Crippen molar-refractivity contribution in [1.29, 1.82) is 0 Å². The van der Waals surface area contributed by atoms with E-state index in [1.54, 1.807) is 0 Å². The highest BCUT2D eigenvalue weighted by atomic mass is 32.1. The molecule has 4 heterocycles. The van der Waals surface area contributed by atoms with E-state index in [1.807, 2.05) is 30.9 Å². The number of nitrogens with one attached hydrogen (secondary N) is 1. The molecule has 0 aliphatic carbocycles. The highest BCUT2D eigenvalue weighted by molar-refractivity contribution is 7.09. The van der Waals surface area contributed by atoms with Crippen LogP contribution in [0.25, 0.3) is 0 Å². The number of rotatable bonds is 6. The summed E-state index contributed by atoms with van der Waals surface area (Å²) in [5.74, 6) is 0. The fourth-order valence-corrected chi connectivity index (χ4v) is 4.15. The summed E-state index contributed by atoms with van der Waals surface area (Å²) in [5.41, 5.74) is 2.49. The Hall–Kier alpha value is -1.89. The highest BCUT2D eigenvalue weighted by Crippen LogP contribution is 2.27. The number of ether oxygens (including phenoxy) is 1. The fourth-order valence-electron chi connectivity index (χ4n) is 3.45. The number of thiophene rings is 1. The molecular formula is C19H24N4OS. The smallest absolute Gasteiger partial charge is 0.100 e. The van der Waals surface area contributed by atoms with Gasteiger partial charge in [0.2, 0.25) is 0 Å². The van der Waals surface area contributed by atoms with E-state index in [9.17, 15) is 0 Å². The molecule has 2 atom stereocenters. The van der Waals surface area contributed by atoms with Gasteiger partial charge in [0.25, 0.3) is 0 Å². The van der Waals surface area contributed by atoms with E-state index in [1.165, 1.54) is 10.6 Å². The molecule has 1 saturated heterocycles. The molecule has 1 N–H and O–H groups in total. The second kappa shape index (κ2) is 7.56. The maximum atomic E-state index is 5.96. The van der Waals surface area contributed by atoms with Gasteiger partial charge in [-0.2, -0.15) is 0 Å². The number of imidazole rings is 1. The molecule has 0 bridgehead atoms. The maximum Gasteiger partial charge on any atom is 0.100 e. The van der Waals surface area contributed by atoms with E-state index in [0.717, 1.165) is 38.2 Å². The van der Waals surface area contributed by atoms with Crippen LogP contribution in [0.1, 0.15) is 35.2 Å². The maximum absolute atomic E-state index is 5.96. The van der Waals surface area contributed by atoms with E-state index in [-0.39, 0.29) is 6.10 Å². The van der Waals surface area contributed by atoms with E-state index in [0.29, 0.717) is 6.04 Å². The van der Waals surface area contributed by atoms with Crippen LogP contribution in [0.15, 0.2) is 48.4 Å². The summed E-state index contributed by atoms with van der Waals surface area (Å²) in [6, 6.07) is 9.12. The van der Waals surface area contributed by atoms with Crippen LogP contribution in [0.2, 0.25) is 0 Å². The van der Waals surface area contributed by atoms with Gasteiger partial charge < -0.3 is 19.2 Å². The molecule has 1 aliphatic heterocycles. The summed E-state index contributed by atoms with van der Waals surface area (Å²) in [4.78, 5) is 5.60. The zero-order chi connectivity index (χ0) is 17.1. The summed E-state index contributed by atoms with van der Waals surface area (Å²) in [6.45, 7) is 2.64. The van der Waals surface area contributed by atoms with Gasteiger partial charge in [-0.15, -0.1) is 11.3 Å². The molecule has 1 fully saturated rings. The second-order valence-corrected chi connectivity index (χ2v) is 7.63. The van der Waals surface area contributed by atoms with Crippen LogP contribution < -0.4 is 5.32 Å². The monoisotopic (exact) mass is 356 g/mol. The van der Waals surface area contributed by atoms with Crippen molar-refractivity contribution < 1.29 is 4.74 Å². The number of hydrogen-bond donors (Lipinski definition) is 1. The molecule has 0 saturated carbocycles. The van der Waals surface area contributed by atoms with Gasteiger partial charge in [0.1, 0.15) is 6.10 Å². The lowest BCUT2D eigenvalue weighted by Gasteiger charge is -2.30. The van der Waals surface area contributed by atoms with E-state index in [4.69, 9.17) is 4.74 Å². The van der Waals surface area contributed by atoms with Gasteiger partial charge in [-0.05, 0) is 36.4 Å². The molecule has 4 rings (SSSR count). The topological polar surface area (TPSA) is 44.0 Å². The minimum atomic E-state index is 0.136. The Morgan fingerprint density at radius 2 is 2.32 bits per heavy atom. The summed E-state index contributed by atoms with van der Waals surface area (Å²) in [7, 11) is 2.03. The van der Waals surface area contributed by atoms with Gasteiger partial charge in [-0.25, -0.2) is 4.98 Å². The third-order valence-electron chi connectivity index (χ3n) is 4.87. The molecule has 3 aromatic heterocycles. The van der Waals surface area contributed by atoms with Crippen molar-refractivity contribution >= 4 is 11.3 Å². The van der Waals surface area contributed by atoms with Gasteiger partial charge in [-0.1, -0.05) is 6.07 Å². The molecule has 0 unspecified atom stereocenters. The van der Waals surface area contributed by atoms with Crippen molar-refractivity contribution in [2.75, 3.05) is 6.61 Å². The predicted octanol–water partition coefficient (Wildman–Crippen LogP) is 3.34. The summed E-state index contributed by atoms with van der Waals surface area (Å²) >= 11 is 1.81. The minimum absolute atomic E-state index is 0.136. The number of aromatic nitrogens is 3. The average molecular weight is 356 g/mol. The number of nitrogens with zero attached hydrogens (tertiary/aromatic N) is 3. The molecule has 132 valence electrons. The zero-order valence-corrected chi connectivity index (χ0v) is 15.3. The first-order valence-corrected chi connectivity index (χ1v) is 9.65. The Kier molecular flexibility index (Phi) is 5.01. The molecule has 0 aromatic carbocycles. The van der Waals surface area contributed by atoms with Gasteiger partial charge in [-0.3, -0.25) is 0 Å². The van der Waals surface area contributed by atoms with Crippen molar-refractivity contribution in [3.63, 3.8) is 0 Å². The third-order valence-corrected chi connectivity index (χ3v) is 5.73. The Bertz CT molecular complexity index is 792. The molecule has 1 aliphatic rings. The quantitative estimate of drug-likeness (QED) is 0.737. The zero-order valence-electron chi connectivity index (χ0n) is 14.5. The molecule has 0 spiro atoms. The lowest BCUT2D eigenvalue weighted by atomic mass is 10.0. The third kappa shape index (κ3) is 3.86. The molecule has 0 amide bonds. The number of aryl methyl sites for hydroxylation is 1. The van der Waals surface area contributed by atoms with Crippen LogP contribution in [0.5, 0.6) is 0 Å². The van der Waals surface area contributed by atoms with Crippen molar-refractivity contribution in [3.8, 4) is 0 Å². The van der Waals surface area contributed by atoms with Crippen LogP contribution >= 0.6 is 11.3 Å². The molecular weight excluding hydrogens is 332 g/mol. The standard InChI is InChI=1S/C19H24N4OS/c1-22-14-20-12-18(22)19-10-15(6-8-24-19)21-11-16-4-2-7-23(16)13-17-5-3-9-25-17/h2-5,7,9,12,14-15,19,21H,6,8,10-11,13H2,1H3/t15-,19-/m0/s1. The average Bonchev–Trinajstić information content (AvgIpc) is 3.36. The first-order chi connectivity index (χ1) is 12.3. The SMILES string of the molecule is Cn1cncc1[C@@H]1C[C@@H](NCc2cccn2Cc2cccs2)CCO1. The van der Waals surface area contributed by atoms with Crippen molar-refractivity contribution in [2.24, 2.45) is 7.05 Å².